The molecule has 0 aliphatic carbocycles. The van der Waals surface area contributed by atoms with Gasteiger partial charge in [0.05, 0.1) is 7.11 Å². The van der Waals surface area contributed by atoms with E-state index in [1.54, 1.807) is 20.1 Å². The Morgan fingerprint density at radius 2 is 2.17 bits per heavy atom. The molecule has 0 saturated heterocycles. The van der Waals surface area contributed by atoms with Crippen LogP contribution in [0.3, 0.4) is 0 Å². The number of Topliss-reactive ketones (excluding diaryl/α,β-unsaturated/α-hetero) is 1. The number of carbonyl (C=O) groups excluding carboxylic acids is 1. The second-order valence-corrected chi connectivity index (χ2v) is 4.24. The molecule has 4 nitrogen and oxygen atoms in total. The molecule has 0 unspecified atom stereocenters. The van der Waals surface area contributed by atoms with Crippen molar-refractivity contribution in [3.8, 4) is 5.75 Å². The van der Waals surface area contributed by atoms with Gasteiger partial charge in [-0.2, -0.15) is 0 Å². The van der Waals surface area contributed by atoms with Crippen LogP contribution in [0.15, 0.2) is 18.2 Å². The van der Waals surface area contributed by atoms with Gasteiger partial charge in [0.25, 0.3) is 0 Å². The summed E-state index contributed by atoms with van der Waals surface area (Å²) in [5, 5.41) is 0. The molecule has 0 aliphatic rings. The zero-order valence-corrected chi connectivity index (χ0v) is 11.4. The number of rotatable bonds is 7. The third-order valence-electron chi connectivity index (χ3n) is 2.97. The van der Waals surface area contributed by atoms with Gasteiger partial charge in [0.1, 0.15) is 5.75 Å². The molecule has 0 saturated carbocycles. The molecule has 0 heterocycles. The van der Waals surface area contributed by atoms with Gasteiger partial charge in [0.15, 0.2) is 5.78 Å². The molecule has 2 N–H and O–H groups in total. The van der Waals surface area contributed by atoms with Crippen molar-refractivity contribution < 1.29 is 9.53 Å². The summed E-state index contributed by atoms with van der Waals surface area (Å²) in [4.78, 5) is 13.6. The monoisotopic (exact) mass is 250 g/mol. The number of hydrogen-bond donors (Lipinski definition) is 1. The summed E-state index contributed by atoms with van der Waals surface area (Å²) in [6.07, 6.45) is 0. The number of likely N-dealkylation sites (N-methyl/N-ethyl adjacent to an activating group) is 1. The van der Waals surface area contributed by atoms with Crippen LogP contribution in [0.2, 0.25) is 0 Å². The Bertz CT molecular complexity index is 405. The highest BCUT2D eigenvalue weighted by molar-refractivity contribution is 5.94. The third kappa shape index (κ3) is 3.82. The minimum Gasteiger partial charge on any atom is -0.496 e. The molecule has 0 amide bonds. The van der Waals surface area contributed by atoms with E-state index < -0.39 is 0 Å². The van der Waals surface area contributed by atoms with Crippen molar-refractivity contribution in [1.82, 2.24) is 4.90 Å². The first-order chi connectivity index (χ1) is 8.62. The molecular weight excluding hydrogens is 228 g/mol. The second-order valence-electron chi connectivity index (χ2n) is 4.24. The number of hydrogen-bond acceptors (Lipinski definition) is 4. The lowest BCUT2D eigenvalue weighted by atomic mass is 10.1. The second kappa shape index (κ2) is 7.13. The summed E-state index contributed by atoms with van der Waals surface area (Å²) in [6, 6.07) is 5.55. The number of ketones is 1. The van der Waals surface area contributed by atoms with E-state index >= 15 is 0 Å². The van der Waals surface area contributed by atoms with Gasteiger partial charge in [-0.05, 0) is 31.7 Å². The Hall–Kier alpha value is -1.39. The Morgan fingerprint density at radius 1 is 1.44 bits per heavy atom. The Morgan fingerprint density at radius 3 is 2.67 bits per heavy atom. The number of methoxy groups -OCH3 is 1. The third-order valence-corrected chi connectivity index (χ3v) is 2.97. The summed E-state index contributed by atoms with van der Waals surface area (Å²) < 4.78 is 5.33. The van der Waals surface area contributed by atoms with Crippen LogP contribution in [0.1, 0.15) is 29.8 Å². The Kier molecular flexibility index (Phi) is 5.82. The van der Waals surface area contributed by atoms with Crippen molar-refractivity contribution in [3.05, 3.63) is 29.3 Å². The molecule has 18 heavy (non-hydrogen) atoms. The lowest BCUT2D eigenvalue weighted by Gasteiger charge is -2.21. The van der Waals surface area contributed by atoms with Crippen LogP contribution in [0.25, 0.3) is 0 Å². The molecular formula is C14H22N2O2. The number of benzene rings is 1. The Labute approximate surface area is 109 Å². The summed E-state index contributed by atoms with van der Waals surface area (Å²) in [6.45, 7) is 6.80. The fourth-order valence-corrected chi connectivity index (χ4v) is 1.89. The average molecular weight is 250 g/mol. The minimum absolute atomic E-state index is 0.0702. The zero-order valence-electron chi connectivity index (χ0n) is 11.4. The van der Waals surface area contributed by atoms with Crippen molar-refractivity contribution in [2.75, 3.05) is 26.7 Å². The minimum atomic E-state index is 0.0702. The summed E-state index contributed by atoms with van der Waals surface area (Å²) in [7, 11) is 1.64. The fraction of sp³-hybridized carbons (Fsp3) is 0.500. The average Bonchev–Trinajstić information content (AvgIpc) is 2.37. The van der Waals surface area contributed by atoms with Gasteiger partial charge in [0.2, 0.25) is 0 Å². The van der Waals surface area contributed by atoms with E-state index in [9.17, 15) is 4.79 Å². The van der Waals surface area contributed by atoms with Crippen molar-refractivity contribution in [3.63, 3.8) is 0 Å². The fourth-order valence-electron chi connectivity index (χ4n) is 1.89. The van der Waals surface area contributed by atoms with Crippen LogP contribution in [0, 0.1) is 0 Å². The van der Waals surface area contributed by atoms with Crippen LogP contribution < -0.4 is 10.5 Å². The first-order valence-electron chi connectivity index (χ1n) is 6.22. The van der Waals surface area contributed by atoms with Crippen LogP contribution in [0.5, 0.6) is 5.75 Å². The van der Waals surface area contributed by atoms with Gasteiger partial charge in [-0.15, -0.1) is 0 Å². The lowest BCUT2D eigenvalue weighted by Crippen LogP contribution is -2.29. The van der Waals surface area contributed by atoms with E-state index in [0.717, 1.165) is 36.5 Å². The molecule has 0 fully saturated rings. The number of nitrogens with zero attached hydrogens (tertiary/aromatic N) is 1. The topological polar surface area (TPSA) is 55.6 Å². The zero-order chi connectivity index (χ0) is 13.5. The van der Waals surface area contributed by atoms with Crippen LogP contribution in [0.4, 0.5) is 0 Å². The molecule has 0 spiro atoms. The van der Waals surface area contributed by atoms with Gasteiger partial charge in [-0.25, -0.2) is 0 Å². The number of carbonyl (C=O) groups is 1. The summed E-state index contributed by atoms with van der Waals surface area (Å²) in [5.74, 6) is 0.885. The SMILES string of the molecule is CCN(CCN)Cc1cc(C(C)=O)ccc1OC. The van der Waals surface area contributed by atoms with Gasteiger partial charge < -0.3 is 10.5 Å². The molecule has 4 heteroatoms. The van der Waals surface area contributed by atoms with Crippen molar-refractivity contribution in [2.45, 2.75) is 20.4 Å². The van der Waals surface area contributed by atoms with E-state index in [-0.39, 0.29) is 5.78 Å². The molecule has 0 bridgehead atoms. The van der Waals surface area contributed by atoms with E-state index in [2.05, 4.69) is 11.8 Å². The molecule has 0 aromatic heterocycles. The van der Waals surface area contributed by atoms with Crippen LogP contribution in [-0.2, 0) is 6.54 Å². The maximum absolute atomic E-state index is 11.4. The summed E-state index contributed by atoms with van der Waals surface area (Å²) >= 11 is 0. The van der Waals surface area contributed by atoms with E-state index in [1.165, 1.54) is 0 Å². The largest absolute Gasteiger partial charge is 0.496 e. The molecule has 0 aliphatic heterocycles. The smallest absolute Gasteiger partial charge is 0.159 e. The molecule has 1 aromatic rings. The van der Waals surface area contributed by atoms with Gasteiger partial charge in [-0.1, -0.05) is 6.92 Å². The first-order valence-corrected chi connectivity index (χ1v) is 6.22. The van der Waals surface area contributed by atoms with E-state index in [0.29, 0.717) is 6.54 Å². The molecule has 1 rings (SSSR count). The number of ether oxygens (including phenoxy) is 1. The first kappa shape index (κ1) is 14.7. The molecule has 0 atom stereocenters. The van der Waals surface area contributed by atoms with E-state index in [4.69, 9.17) is 10.5 Å². The quantitative estimate of drug-likeness (QED) is 0.748. The molecule has 100 valence electrons. The van der Waals surface area contributed by atoms with Gasteiger partial charge >= 0.3 is 0 Å². The van der Waals surface area contributed by atoms with Crippen LogP contribution >= 0.6 is 0 Å². The standard InChI is InChI=1S/C14H22N2O2/c1-4-16(8-7-15)10-13-9-12(11(2)17)5-6-14(13)18-3/h5-6,9H,4,7-8,10,15H2,1-3H3. The van der Waals surface area contributed by atoms with Crippen molar-refractivity contribution >= 4 is 5.78 Å². The van der Waals surface area contributed by atoms with Crippen LogP contribution in [-0.4, -0.2) is 37.4 Å². The lowest BCUT2D eigenvalue weighted by molar-refractivity contribution is 0.101. The predicted octanol–water partition coefficient (Wildman–Crippen LogP) is 1.68. The highest BCUT2D eigenvalue weighted by Crippen LogP contribution is 2.21. The van der Waals surface area contributed by atoms with E-state index in [1.807, 2.05) is 12.1 Å². The Balaban J connectivity index is 2.96. The predicted molar refractivity (Wildman–Crippen MR) is 73.0 cm³/mol. The van der Waals surface area contributed by atoms with Crippen molar-refractivity contribution in [1.29, 1.82) is 0 Å². The maximum Gasteiger partial charge on any atom is 0.159 e. The molecule has 0 radical (unpaired) electrons. The summed E-state index contributed by atoms with van der Waals surface area (Å²) in [5.41, 5.74) is 7.33. The molecule has 1 aromatic carbocycles. The highest BCUT2D eigenvalue weighted by Gasteiger charge is 2.10. The van der Waals surface area contributed by atoms with Gasteiger partial charge in [-0.3, -0.25) is 9.69 Å². The number of nitrogens with two attached hydrogens (primary N) is 1. The highest BCUT2D eigenvalue weighted by atomic mass is 16.5. The normalized spacial score (nSPS) is 10.7. The van der Waals surface area contributed by atoms with Crippen molar-refractivity contribution in [2.24, 2.45) is 5.73 Å². The maximum atomic E-state index is 11.4. The van der Waals surface area contributed by atoms with Gasteiger partial charge in [0, 0.05) is 30.8 Å².